The van der Waals surface area contributed by atoms with E-state index in [4.69, 9.17) is 18.0 Å². The van der Waals surface area contributed by atoms with Crippen molar-refractivity contribution in [3.63, 3.8) is 0 Å². The lowest BCUT2D eigenvalue weighted by Crippen LogP contribution is -2.44. The van der Waals surface area contributed by atoms with Crippen molar-refractivity contribution < 1.29 is 13.6 Å². The SMILES string of the molecule is CN1CCN(c2ccc(Nc3[nH]c(=S)c(F)cc3C(N)=O)cc2F)CC1. The fourth-order valence-electron chi connectivity index (χ4n) is 2.83. The molecule has 0 radical (unpaired) electrons. The first-order chi connectivity index (χ1) is 12.3. The second kappa shape index (κ2) is 7.38. The predicted molar refractivity (Wildman–Crippen MR) is 99.5 cm³/mol. The first-order valence-corrected chi connectivity index (χ1v) is 8.48. The van der Waals surface area contributed by atoms with Crippen molar-refractivity contribution in [2.24, 2.45) is 5.73 Å². The maximum Gasteiger partial charge on any atom is 0.252 e. The Morgan fingerprint density at radius 3 is 2.50 bits per heavy atom. The number of H-pyrrole nitrogens is 1. The Bertz CT molecular complexity index is 893. The number of aromatic amines is 1. The number of nitrogens with two attached hydrogens (primary N) is 1. The summed E-state index contributed by atoms with van der Waals surface area (Å²) in [7, 11) is 2.03. The van der Waals surface area contributed by atoms with E-state index < -0.39 is 11.7 Å². The monoisotopic (exact) mass is 379 g/mol. The highest BCUT2D eigenvalue weighted by molar-refractivity contribution is 7.71. The topological polar surface area (TPSA) is 77.4 Å². The number of nitrogens with zero attached hydrogens (tertiary/aromatic N) is 2. The lowest BCUT2D eigenvalue weighted by molar-refractivity contribution is 0.100. The molecule has 0 spiro atoms. The third kappa shape index (κ3) is 3.83. The Kier molecular flexibility index (Phi) is 5.19. The van der Waals surface area contributed by atoms with E-state index in [1.54, 1.807) is 12.1 Å². The van der Waals surface area contributed by atoms with Crippen molar-refractivity contribution in [3.8, 4) is 0 Å². The molecule has 0 aliphatic carbocycles. The number of carbonyl (C=O) groups excluding carboxylic acids is 1. The molecule has 1 saturated heterocycles. The highest BCUT2D eigenvalue weighted by Gasteiger charge is 2.18. The van der Waals surface area contributed by atoms with Gasteiger partial charge in [0.2, 0.25) is 0 Å². The molecule has 1 aliphatic rings. The van der Waals surface area contributed by atoms with Crippen molar-refractivity contribution >= 4 is 35.3 Å². The van der Waals surface area contributed by atoms with Gasteiger partial charge < -0.3 is 25.8 Å². The summed E-state index contributed by atoms with van der Waals surface area (Å²) in [6, 6.07) is 5.63. The number of pyridine rings is 1. The normalized spacial score (nSPS) is 15.1. The third-order valence-electron chi connectivity index (χ3n) is 4.32. The number of amides is 1. The molecule has 0 atom stereocenters. The van der Waals surface area contributed by atoms with Gasteiger partial charge in [0.05, 0.1) is 11.3 Å². The molecule has 0 bridgehead atoms. The van der Waals surface area contributed by atoms with Gasteiger partial charge in [-0.3, -0.25) is 4.79 Å². The van der Waals surface area contributed by atoms with Crippen LogP contribution in [0, 0.1) is 16.3 Å². The Morgan fingerprint density at radius 1 is 1.19 bits per heavy atom. The van der Waals surface area contributed by atoms with Gasteiger partial charge in [0.1, 0.15) is 16.3 Å². The van der Waals surface area contributed by atoms with Crippen molar-refractivity contribution in [1.82, 2.24) is 9.88 Å². The van der Waals surface area contributed by atoms with Crippen LogP contribution in [0.1, 0.15) is 10.4 Å². The number of piperazine rings is 1. The summed E-state index contributed by atoms with van der Waals surface area (Å²) in [5.74, 6) is -1.85. The van der Waals surface area contributed by atoms with E-state index in [2.05, 4.69) is 15.2 Å². The number of rotatable bonds is 4. The van der Waals surface area contributed by atoms with Gasteiger partial charge in [0.25, 0.3) is 5.91 Å². The van der Waals surface area contributed by atoms with Crippen molar-refractivity contribution in [1.29, 1.82) is 0 Å². The molecule has 2 aromatic rings. The molecular formula is C17H19F2N5OS. The van der Waals surface area contributed by atoms with Gasteiger partial charge in [-0.05, 0) is 31.3 Å². The van der Waals surface area contributed by atoms with E-state index in [1.807, 2.05) is 11.9 Å². The number of halogens is 2. The lowest BCUT2D eigenvalue weighted by atomic mass is 10.2. The number of hydrogen-bond donors (Lipinski definition) is 3. The standard InChI is InChI=1S/C17H19F2N5OS/c1-23-4-6-24(7-5-23)14-3-2-10(8-12(14)18)21-16-11(15(20)25)9-13(19)17(26)22-16/h2-3,8-9H,4-7H2,1H3,(H2,20,25)(H2,21,22,26). The largest absolute Gasteiger partial charge is 0.367 e. The molecule has 1 aliphatic heterocycles. The number of aromatic nitrogens is 1. The smallest absolute Gasteiger partial charge is 0.252 e. The maximum absolute atomic E-state index is 14.6. The fourth-order valence-corrected chi connectivity index (χ4v) is 2.99. The minimum atomic E-state index is -0.827. The van der Waals surface area contributed by atoms with Gasteiger partial charge in [-0.25, -0.2) is 8.78 Å². The molecule has 2 heterocycles. The van der Waals surface area contributed by atoms with Crippen LogP contribution in [0.15, 0.2) is 24.3 Å². The Balaban J connectivity index is 1.86. The summed E-state index contributed by atoms with van der Waals surface area (Å²) in [6.45, 7) is 3.23. The number of likely N-dealkylation sites (N-methyl/N-ethyl adjacent to an activating group) is 1. The van der Waals surface area contributed by atoms with Crippen LogP contribution < -0.4 is 16.0 Å². The second-order valence-corrected chi connectivity index (χ2v) is 6.59. The van der Waals surface area contributed by atoms with Gasteiger partial charge in [-0.2, -0.15) is 0 Å². The van der Waals surface area contributed by atoms with E-state index in [1.165, 1.54) is 6.07 Å². The van der Waals surface area contributed by atoms with Crippen LogP contribution in [-0.4, -0.2) is 49.0 Å². The van der Waals surface area contributed by atoms with Crippen LogP contribution >= 0.6 is 12.2 Å². The molecule has 0 saturated carbocycles. The molecule has 4 N–H and O–H groups in total. The molecule has 1 aromatic heterocycles. The second-order valence-electron chi connectivity index (χ2n) is 6.18. The average molecular weight is 379 g/mol. The van der Waals surface area contributed by atoms with Gasteiger partial charge in [-0.15, -0.1) is 0 Å². The number of anilines is 3. The lowest BCUT2D eigenvalue weighted by Gasteiger charge is -2.34. The minimum absolute atomic E-state index is 0.0975. The average Bonchev–Trinajstić information content (AvgIpc) is 2.59. The molecular weight excluding hydrogens is 360 g/mol. The van der Waals surface area contributed by atoms with Crippen molar-refractivity contribution in [3.05, 3.63) is 46.1 Å². The number of carbonyl (C=O) groups is 1. The summed E-state index contributed by atoms with van der Waals surface area (Å²) in [4.78, 5) is 18.2. The zero-order valence-corrected chi connectivity index (χ0v) is 15.0. The van der Waals surface area contributed by atoms with Crippen molar-refractivity contribution in [2.75, 3.05) is 43.4 Å². The molecule has 9 heteroatoms. The van der Waals surface area contributed by atoms with E-state index in [9.17, 15) is 13.6 Å². The first-order valence-electron chi connectivity index (χ1n) is 8.08. The Morgan fingerprint density at radius 2 is 1.88 bits per heavy atom. The molecule has 6 nitrogen and oxygen atoms in total. The zero-order chi connectivity index (χ0) is 18.8. The Labute approximate surface area is 154 Å². The molecule has 26 heavy (non-hydrogen) atoms. The van der Waals surface area contributed by atoms with Gasteiger partial charge >= 0.3 is 0 Å². The molecule has 1 aromatic carbocycles. The molecule has 138 valence electrons. The number of primary amides is 1. The maximum atomic E-state index is 14.6. The first kappa shape index (κ1) is 18.3. The van der Waals surface area contributed by atoms with Crippen molar-refractivity contribution in [2.45, 2.75) is 0 Å². The molecule has 1 amide bonds. The van der Waals surface area contributed by atoms with Crippen LogP contribution in [0.5, 0.6) is 0 Å². The van der Waals surface area contributed by atoms with E-state index in [-0.39, 0.29) is 21.8 Å². The highest BCUT2D eigenvalue weighted by atomic mass is 32.1. The summed E-state index contributed by atoms with van der Waals surface area (Å²) in [5, 5.41) is 2.84. The van der Waals surface area contributed by atoms with E-state index in [0.29, 0.717) is 11.4 Å². The van der Waals surface area contributed by atoms with Crippen LogP contribution in [0.2, 0.25) is 0 Å². The van der Waals surface area contributed by atoms with E-state index in [0.717, 1.165) is 32.2 Å². The number of nitrogens with one attached hydrogen (secondary N) is 2. The summed E-state index contributed by atoms with van der Waals surface area (Å²) in [6.07, 6.45) is 0. The minimum Gasteiger partial charge on any atom is -0.367 e. The predicted octanol–water partition coefficient (Wildman–Crippen LogP) is 2.62. The highest BCUT2D eigenvalue weighted by Crippen LogP contribution is 2.26. The number of benzene rings is 1. The van der Waals surface area contributed by atoms with E-state index >= 15 is 0 Å². The molecule has 1 fully saturated rings. The van der Waals surface area contributed by atoms with Crippen LogP contribution in [0.25, 0.3) is 0 Å². The zero-order valence-electron chi connectivity index (χ0n) is 14.2. The third-order valence-corrected chi connectivity index (χ3v) is 4.62. The van der Waals surface area contributed by atoms with Crippen LogP contribution in [0.3, 0.4) is 0 Å². The van der Waals surface area contributed by atoms with Crippen LogP contribution in [-0.2, 0) is 0 Å². The summed E-state index contributed by atoms with van der Waals surface area (Å²) in [5.41, 5.74) is 6.08. The van der Waals surface area contributed by atoms with Crippen LogP contribution in [0.4, 0.5) is 26.0 Å². The Hall–Kier alpha value is -2.52. The fraction of sp³-hybridized carbons (Fsp3) is 0.294. The molecule has 3 rings (SSSR count). The quantitative estimate of drug-likeness (QED) is 0.712. The summed E-state index contributed by atoms with van der Waals surface area (Å²) >= 11 is 4.84. The van der Waals surface area contributed by atoms with Gasteiger partial charge in [0.15, 0.2) is 5.82 Å². The van der Waals surface area contributed by atoms with Gasteiger partial charge in [0, 0.05) is 31.9 Å². The van der Waals surface area contributed by atoms with Gasteiger partial charge in [-0.1, -0.05) is 12.2 Å². The summed E-state index contributed by atoms with van der Waals surface area (Å²) < 4.78 is 28.0. The molecule has 0 unspecified atom stereocenters. The number of hydrogen-bond acceptors (Lipinski definition) is 5.